The standard InChI is InChI=1S/C49H43N3Si/c1-48-30-16-17-31-49(48,2)52(47-27-15-13-25-44(47)48)36-28-29-46-43(33-36)42-24-12-14-26-45(42)51(46)37-32-41(35-50-34-37)53(38-18-6-3-7-19-38,39-20-8-4-9-21-39)40-22-10-5-11-23-40/h3-15,18-29,32-35H,16-17,30-31H2,1-2H3. The fourth-order valence-corrected chi connectivity index (χ4v) is 15.0. The van der Waals surface area contributed by atoms with Gasteiger partial charge < -0.3 is 9.47 Å². The van der Waals surface area contributed by atoms with Gasteiger partial charge in [-0.15, -0.1) is 0 Å². The normalized spacial score (nSPS) is 19.7. The molecule has 0 saturated heterocycles. The van der Waals surface area contributed by atoms with Crippen LogP contribution in [0.2, 0.25) is 0 Å². The van der Waals surface area contributed by atoms with Crippen LogP contribution in [0.4, 0.5) is 11.4 Å². The molecule has 1 saturated carbocycles. The Labute approximate surface area is 313 Å². The highest BCUT2D eigenvalue weighted by Gasteiger charge is 2.57. The Balaban J connectivity index is 1.20. The molecule has 8 aromatic rings. The zero-order valence-electron chi connectivity index (χ0n) is 30.4. The van der Waals surface area contributed by atoms with Crippen LogP contribution in [0.15, 0.2) is 176 Å². The number of anilines is 2. The van der Waals surface area contributed by atoms with Gasteiger partial charge in [0.2, 0.25) is 0 Å². The summed E-state index contributed by atoms with van der Waals surface area (Å²) in [4.78, 5) is 7.76. The molecular formula is C49H43N3Si. The van der Waals surface area contributed by atoms with Crippen LogP contribution < -0.4 is 25.6 Å². The highest BCUT2D eigenvalue weighted by Crippen LogP contribution is 2.60. The number of nitrogens with zero attached hydrogens (tertiary/aromatic N) is 3. The summed E-state index contributed by atoms with van der Waals surface area (Å²) in [5, 5.41) is 7.83. The highest BCUT2D eigenvalue weighted by atomic mass is 28.3. The third-order valence-electron chi connectivity index (χ3n) is 13.0. The Morgan fingerprint density at radius 2 is 1.09 bits per heavy atom. The maximum Gasteiger partial charge on any atom is 0.181 e. The lowest BCUT2D eigenvalue weighted by Gasteiger charge is -2.50. The molecule has 3 heterocycles. The van der Waals surface area contributed by atoms with E-state index in [2.05, 4.69) is 200 Å². The van der Waals surface area contributed by atoms with E-state index in [4.69, 9.17) is 4.98 Å². The quantitative estimate of drug-likeness (QED) is 0.127. The number of hydrogen-bond donors (Lipinski definition) is 0. The summed E-state index contributed by atoms with van der Waals surface area (Å²) in [5.41, 5.74) is 7.74. The van der Waals surface area contributed by atoms with Crippen molar-refractivity contribution in [1.82, 2.24) is 9.55 Å². The van der Waals surface area contributed by atoms with Gasteiger partial charge in [0.25, 0.3) is 0 Å². The molecule has 2 aliphatic rings. The second-order valence-corrected chi connectivity index (χ2v) is 19.3. The molecular weight excluding hydrogens is 659 g/mol. The number of pyridine rings is 1. The third kappa shape index (κ3) is 4.55. The predicted octanol–water partition coefficient (Wildman–Crippen LogP) is 9.30. The number of para-hydroxylation sites is 2. The molecule has 4 heteroatoms. The summed E-state index contributed by atoms with van der Waals surface area (Å²) in [7, 11) is -2.75. The highest BCUT2D eigenvalue weighted by molar-refractivity contribution is 7.19. The fourth-order valence-electron chi connectivity index (χ4n) is 10.3. The molecule has 10 rings (SSSR count). The van der Waals surface area contributed by atoms with E-state index >= 15 is 0 Å². The van der Waals surface area contributed by atoms with Crippen LogP contribution in [-0.2, 0) is 5.41 Å². The van der Waals surface area contributed by atoms with Gasteiger partial charge in [-0.25, -0.2) is 0 Å². The number of benzene rings is 6. The van der Waals surface area contributed by atoms with E-state index in [9.17, 15) is 0 Å². The van der Waals surface area contributed by atoms with Crippen molar-refractivity contribution in [2.75, 3.05) is 4.90 Å². The van der Waals surface area contributed by atoms with Crippen molar-refractivity contribution in [2.45, 2.75) is 50.5 Å². The van der Waals surface area contributed by atoms with Gasteiger partial charge in [-0.2, -0.15) is 0 Å². The molecule has 0 amide bonds. The smallest absolute Gasteiger partial charge is 0.181 e. The molecule has 1 aliphatic carbocycles. The number of fused-ring (bicyclic) bond motifs is 6. The molecule has 53 heavy (non-hydrogen) atoms. The molecule has 6 aromatic carbocycles. The largest absolute Gasteiger partial charge is 0.334 e. The molecule has 0 bridgehead atoms. The lowest BCUT2D eigenvalue weighted by molar-refractivity contribution is 0.195. The summed E-state index contributed by atoms with van der Waals surface area (Å²) in [5.74, 6) is 0. The van der Waals surface area contributed by atoms with Gasteiger partial charge in [-0.3, -0.25) is 4.98 Å². The van der Waals surface area contributed by atoms with Gasteiger partial charge in [-0.05, 0) is 82.5 Å². The van der Waals surface area contributed by atoms with Gasteiger partial charge in [0.15, 0.2) is 8.07 Å². The van der Waals surface area contributed by atoms with Crippen molar-refractivity contribution in [1.29, 1.82) is 0 Å². The van der Waals surface area contributed by atoms with Gasteiger partial charge in [0.05, 0.1) is 28.5 Å². The van der Waals surface area contributed by atoms with E-state index in [1.807, 2.05) is 0 Å². The van der Waals surface area contributed by atoms with Crippen molar-refractivity contribution in [3.05, 3.63) is 182 Å². The van der Waals surface area contributed by atoms with Crippen molar-refractivity contribution < 1.29 is 0 Å². The molecule has 2 unspecified atom stereocenters. The molecule has 2 aromatic heterocycles. The van der Waals surface area contributed by atoms with E-state index in [0.29, 0.717) is 0 Å². The predicted molar refractivity (Wildman–Crippen MR) is 225 cm³/mol. The zero-order valence-corrected chi connectivity index (χ0v) is 31.4. The van der Waals surface area contributed by atoms with Crippen LogP contribution in [0.25, 0.3) is 27.5 Å². The second-order valence-electron chi connectivity index (χ2n) is 15.5. The van der Waals surface area contributed by atoms with Crippen LogP contribution in [0.3, 0.4) is 0 Å². The van der Waals surface area contributed by atoms with Crippen molar-refractivity contribution in [2.24, 2.45) is 0 Å². The van der Waals surface area contributed by atoms with Gasteiger partial charge in [0, 0.05) is 33.8 Å². The van der Waals surface area contributed by atoms with Crippen LogP contribution in [0.5, 0.6) is 0 Å². The van der Waals surface area contributed by atoms with Crippen molar-refractivity contribution in [3.8, 4) is 5.69 Å². The summed E-state index contributed by atoms with van der Waals surface area (Å²) in [6.45, 7) is 5.03. The summed E-state index contributed by atoms with van der Waals surface area (Å²) in [6, 6.07) is 61.0. The van der Waals surface area contributed by atoms with E-state index < -0.39 is 8.07 Å². The zero-order chi connectivity index (χ0) is 35.6. The number of hydrogen-bond acceptors (Lipinski definition) is 2. The molecule has 2 atom stereocenters. The maximum atomic E-state index is 5.07. The van der Waals surface area contributed by atoms with Crippen LogP contribution >= 0.6 is 0 Å². The minimum absolute atomic E-state index is 0.0134. The van der Waals surface area contributed by atoms with Gasteiger partial charge in [0.1, 0.15) is 0 Å². The molecule has 258 valence electrons. The van der Waals surface area contributed by atoms with Crippen LogP contribution in [0, 0.1) is 0 Å². The summed E-state index contributed by atoms with van der Waals surface area (Å²) in [6.07, 6.45) is 9.14. The molecule has 1 aliphatic heterocycles. The van der Waals surface area contributed by atoms with E-state index in [-0.39, 0.29) is 11.0 Å². The lowest BCUT2D eigenvalue weighted by Crippen LogP contribution is -2.74. The van der Waals surface area contributed by atoms with Crippen LogP contribution in [0.1, 0.15) is 45.1 Å². The molecule has 1 fully saturated rings. The first-order valence-electron chi connectivity index (χ1n) is 19.1. The van der Waals surface area contributed by atoms with Crippen LogP contribution in [-0.4, -0.2) is 23.2 Å². The Hall–Kier alpha value is -5.71. The molecule has 3 nitrogen and oxygen atoms in total. The van der Waals surface area contributed by atoms with Crippen molar-refractivity contribution in [3.63, 3.8) is 0 Å². The average molecular weight is 702 g/mol. The number of aromatic nitrogens is 2. The lowest BCUT2D eigenvalue weighted by atomic mass is 9.61. The first-order valence-corrected chi connectivity index (χ1v) is 21.1. The minimum atomic E-state index is -2.75. The first kappa shape index (κ1) is 32.0. The topological polar surface area (TPSA) is 21.1 Å². The van der Waals surface area contributed by atoms with E-state index in [1.165, 1.54) is 85.2 Å². The Bertz CT molecular complexity index is 2520. The van der Waals surface area contributed by atoms with Gasteiger partial charge in [-0.1, -0.05) is 147 Å². The second kappa shape index (κ2) is 12.2. The minimum Gasteiger partial charge on any atom is -0.334 e. The average Bonchev–Trinajstić information content (AvgIpc) is 3.65. The SMILES string of the molecule is CC12CCCCC1(C)N(c1ccc3c(c1)c1ccccc1n3-c1cncc([Si](c3ccccc3)(c3ccccc3)c3ccccc3)c1)c1ccccc12. The summed E-state index contributed by atoms with van der Waals surface area (Å²) < 4.78 is 2.44. The third-order valence-corrected chi connectivity index (χ3v) is 17.7. The number of rotatable bonds is 6. The summed E-state index contributed by atoms with van der Waals surface area (Å²) >= 11 is 0. The Morgan fingerprint density at radius 1 is 0.509 bits per heavy atom. The fraction of sp³-hybridized carbons (Fsp3) is 0.163. The van der Waals surface area contributed by atoms with E-state index in [1.54, 1.807) is 0 Å². The maximum absolute atomic E-state index is 5.07. The Morgan fingerprint density at radius 3 is 1.79 bits per heavy atom. The molecule has 0 radical (unpaired) electrons. The molecule has 0 spiro atoms. The first-order chi connectivity index (χ1) is 26.0. The monoisotopic (exact) mass is 701 g/mol. The molecule has 0 N–H and O–H groups in total. The van der Waals surface area contributed by atoms with E-state index in [0.717, 1.165) is 5.69 Å². The van der Waals surface area contributed by atoms with Crippen molar-refractivity contribution >= 4 is 62.0 Å². The van der Waals surface area contributed by atoms with Gasteiger partial charge >= 0.3 is 0 Å². The Kier molecular flexibility index (Phi) is 7.35.